The van der Waals surface area contributed by atoms with Crippen molar-refractivity contribution < 1.29 is 43.1 Å². The predicted octanol–water partition coefficient (Wildman–Crippen LogP) is -1.92. The van der Waals surface area contributed by atoms with E-state index >= 15 is 0 Å². The molecule has 1 fully saturated rings. The third-order valence-corrected chi connectivity index (χ3v) is 2.72. The first-order valence-electron chi connectivity index (χ1n) is 4.42. The number of rotatable bonds is 5. The second-order valence-electron chi connectivity index (χ2n) is 3.23. The molecule has 0 bridgehead atoms. The number of ether oxygens (including phenoxy) is 1. The molecule has 1 saturated carbocycles. The molecule has 5 heteroatoms. The molecule has 0 amide bonds. The fraction of sp³-hybridized carbons (Fsp3) is 1.00. The topological polar surface area (TPSA) is 49.4 Å². The molecule has 1 atom stereocenters. The molecule has 0 N–H and O–H groups in total. The van der Waals surface area contributed by atoms with Crippen molar-refractivity contribution in [2.45, 2.75) is 25.7 Å². The van der Waals surface area contributed by atoms with Crippen LogP contribution in [-0.2, 0) is 15.8 Å². The minimum absolute atomic E-state index is 0. The molecule has 72 valence electrons. The quantitative estimate of drug-likeness (QED) is 0.304. The molecule has 0 spiro atoms. The van der Waals surface area contributed by atoms with Crippen molar-refractivity contribution in [1.29, 1.82) is 0 Å². The number of hydrogen-bond acceptors (Lipinski definition) is 3. The molecule has 1 aliphatic carbocycles. The van der Waals surface area contributed by atoms with Crippen LogP contribution in [0.2, 0.25) is 0 Å². The maximum Gasteiger partial charge on any atom is 1.00 e. The first-order chi connectivity index (χ1) is 5.79. The van der Waals surface area contributed by atoms with Crippen LogP contribution in [0.5, 0.6) is 0 Å². The van der Waals surface area contributed by atoms with Crippen LogP contribution in [-0.4, -0.2) is 27.7 Å². The zero-order valence-electron chi connectivity index (χ0n) is 8.16. The molecule has 0 radical (unpaired) electrons. The summed E-state index contributed by atoms with van der Waals surface area (Å²) >= 11 is -1.94. The summed E-state index contributed by atoms with van der Waals surface area (Å²) in [6.45, 7) is 1.10. The van der Waals surface area contributed by atoms with Crippen LogP contribution in [0.15, 0.2) is 0 Å². The van der Waals surface area contributed by atoms with Crippen molar-refractivity contribution in [2.75, 3.05) is 19.0 Å². The summed E-state index contributed by atoms with van der Waals surface area (Å²) in [5.41, 5.74) is 0. The van der Waals surface area contributed by atoms with Gasteiger partial charge < -0.3 is 9.29 Å². The van der Waals surface area contributed by atoms with E-state index in [0.29, 0.717) is 12.5 Å². The molecule has 0 saturated heterocycles. The van der Waals surface area contributed by atoms with Crippen molar-refractivity contribution in [1.82, 2.24) is 0 Å². The third-order valence-electron chi connectivity index (χ3n) is 2.22. The van der Waals surface area contributed by atoms with Gasteiger partial charge in [-0.2, -0.15) is 0 Å². The van der Waals surface area contributed by atoms with Gasteiger partial charge >= 0.3 is 29.6 Å². The van der Waals surface area contributed by atoms with Crippen LogP contribution in [0.4, 0.5) is 0 Å². The third kappa shape index (κ3) is 7.05. The Morgan fingerprint density at radius 2 is 2.00 bits per heavy atom. The summed E-state index contributed by atoms with van der Waals surface area (Å²) in [5.74, 6) is 0.817. The van der Waals surface area contributed by atoms with Crippen molar-refractivity contribution in [3.05, 3.63) is 0 Å². The second kappa shape index (κ2) is 8.38. The summed E-state index contributed by atoms with van der Waals surface area (Å²) in [7, 11) is 0. The Hall–Kier alpha value is 1.07. The van der Waals surface area contributed by atoms with Gasteiger partial charge in [-0.25, -0.2) is 0 Å². The van der Waals surface area contributed by atoms with Gasteiger partial charge in [-0.1, -0.05) is 23.9 Å². The van der Waals surface area contributed by atoms with Gasteiger partial charge in [-0.15, -0.1) is 0 Å². The average Bonchev–Trinajstić information content (AvgIpc) is 2.49. The van der Waals surface area contributed by atoms with E-state index in [4.69, 9.17) is 4.74 Å². The van der Waals surface area contributed by atoms with E-state index in [1.54, 1.807) is 0 Å². The maximum absolute atomic E-state index is 10.1. The molecule has 0 aliphatic heterocycles. The zero-order valence-corrected chi connectivity index (χ0v) is 11.0. The summed E-state index contributed by atoms with van der Waals surface area (Å²) in [4.78, 5) is 0. The van der Waals surface area contributed by atoms with Gasteiger partial charge in [0.15, 0.2) is 0 Å². The van der Waals surface area contributed by atoms with E-state index in [9.17, 15) is 8.76 Å². The largest absolute Gasteiger partial charge is 1.00 e. The van der Waals surface area contributed by atoms with Crippen LogP contribution < -0.4 is 29.6 Å². The fourth-order valence-corrected chi connectivity index (χ4v) is 1.81. The molecule has 0 aromatic heterocycles. The smallest absolute Gasteiger partial charge is 0.772 e. The Bertz CT molecular complexity index is 148. The van der Waals surface area contributed by atoms with Crippen LogP contribution in [0.3, 0.4) is 0 Å². The average molecular weight is 214 g/mol. The van der Waals surface area contributed by atoms with E-state index < -0.39 is 11.1 Å². The SMILES string of the molecule is O=S([O-])CCOCC1CCCC1.[Na+]. The van der Waals surface area contributed by atoms with Gasteiger partial charge in [0.1, 0.15) is 0 Å². The Morgan fingerprint density at radius 3 is 2.54 bits per heavy atom. The van der Waals surface area contributed by atoms with Gasteiger partial charge in [-0.3, -0.25) is 4.21 Å². The standard InChI is InChI=1S/C8H16O3S.Na/c9-12(10)6-5-11-7-8-3-1-2-4-8;/h8H,1-7H2,(H,9,10);/q;+1/p-1. The van der Waals surface area contributed by atoms with Gasteiger partial charge in [-0.05, 0) is 18.8 Å². The van der Waals surface area contributed by atoms with Crippen molar-refractivity contribution in [2.24, 2.45) is 5.92 Å². The van der Waals surface area contributed by atoms with Crippen LogP contribution in [0, 0.1) is 5.92 Å². The van der Waals surface area contributed by atoms with E-state index in [1.807, 2.05) is 0 Å². The van der Waals surface area contributed by atoms with E-state index in [1.165, 1.54) is 25.7 Å². The summed E-state index contributed by atoms with van der Waals surface area (Å²) in [5, 5.41) is 0. The van der Waals surface area contributed by atoms with Crippen LogP contribution in [0.1, 0.15) is 25.7 Å². The normalized spacial score (nSPS) is 19.8. The van der Waals surface area contributed by atoms with Gasteiger partial charge in [0.05, 0.1) is 6.61 Å². The predicted molar refractivity (Wildman–Crippen MR) is 46.6 cm³/mol. The Labute approximate surface area is 104 Å². The number of hydrogen-bond donors (Lipinski definition) is 0. The molecule has 1 rings (SSSR count). The Morgan fingerprint density at radius 1 is 1.38 bits per heavy atom. The first kappa shape index (κ1) is 14.1. The summed E-state index contributed by atoms with van der Waals surface area (Å²) in [6, 6.07) is 0. The van der Waals surface area contributed by atoms with Crippen LogP contribution in [0.25, 0.3) is 0 Å². The maximum atomic E-state index is 10.1. The van der Waals surface area contributed by atoms with Crippen molar-refractivity contribution >= 4 is 11.1 Å². The minimum Gasteiger partial charge on any atom is -0.772 e. The molecule has 0 aromatic rings. The van der Waals surface area contributed by atoms with Gasteiger partial charge in [0, 0.05) is 12.4 Å². The minimum atomic E-state index is -1.94. The Kier molecular flexibility index (Phi) is 9.07. The molecular weight excluding hydrogens is 199 g/mol. The molecule has 0 heterocycles. The van der Waals surface area contributed by atoms with E-state index in [2.05, 4.69) is 0 Å². The molecule has 0 aromatic carbocycles. The first-order valence-corrected chi connectivity index (χ1v) is 5.67. The summed E-state index contributed by atoms with van der Waals surface area (Å²) in [6.07, 6.45) is 5.12. The van der Waals surface area contributed by atoms with Gasteiger partial charge in [0.25, 0.3) is 0 Å². The zero-order chi connectivity index (χ0) is 8.81. The molecule has 3 nitrogen and oxygen atoms in total. The van der Waals surface area contributed by atoms with E-state index in [0.717, 1.165) is 6.61 Å². The fourth-order valence-electron chi connectivity index (χ4n) is 1.55. The van der Waals surface area contributed by atoms with E-state index in [-0.39, 0.29) is 35.3 Å². The van der Waals surface area contributed by atoms with Gasteiger partial charge in [0.2, 0.25) is 0 Å². The molecule has 1 aliphatic rings. The van der Waals surface area contributed by atoms with Crippen molar-refractivity contribution in [3.8, 4) is 0 Å². The van der Waals surface area contributed by atoms with Crippen molar-refractivity contribution in [3.63, 3.8) is 0 Å². The molecule has 1 unspecified atom stereocenters. The van der Waals surface area contributed by atoms with Crippen LogP contribution >= 0.6 is 0 Å². The second-order valence-corrected chi connectivity index (χ2v) is 4.25. The Balaban J connectivity index is 0.00000144. The monoisotopic (exact) mass is 214 g/mol. The molecule has 13 heavy (non-hydrogen) atoms. The summed E-state index contributed by atoms with van der Waals surface area (Å²) < 4.78 is 25.5. The molecular formula is C8H15NaO3S.